The van der Waals surface area contributed by atoms with Crippen molar-refractivity contribution in [1.29, 1.82) is 0 Å². The number of phenolic OH excluding ortho intramolecular Hbond substituents is 1. The van der Waals surface area contributed by atoms with Gasteiger partial charge in [-0.3, -0.25) is 4.55 Å². The van der Waals surface area contributed by atoms with Gasteiger partial charge in [-0.15, -0.1) is 0 Å². The molecule has 0 heterocycles. The van der Waals surface area contributed by atoms with E-state index in [1.807, 2.05) is 0 Å². The van der Waals surface area contributed by atoms with Gasteiger partial charge >= 0.3 is 12.1 Å². The van der Waals surface area contributed by atoms with Gasteiger partial charge in [0, 0.05) is 3.57 Å². The van der Waals surface area contributed by atoms with Crippen LogP contribution in [0.2, 0.25) is 0 Å². The minimum Gasteiger partial charge on any atom is -0.506 e. The van der Waals surface area contributed by atoms with Crippen molar-refractivity contribution in [3.63, 3.8) is 0 Å². The highest BCUT2D eigenvalue weighted by atomic mass is 127. The van der Waals surface area contributed by atoms with E-state index < -0.39 is 45.4 Å². The minimum atomic E-state index is -5.20. The number of rotatable bonds is 4. The Kier molecular flexibility index (Phi) is 6.30. The number of benzene rings is 1. The van der Waals surface area contributed by atoms with E-state index in [2.05, 4.69) is 4.74 Å². The van der Waals surface area contributed by atoms with Gasteiger partial charge in [-0.25, -0.2) is 4.79 Å². The fourth-order valence-electron chi connectivity index (χ4n) is 1.30. The molecule has 1 rings (SSSR count). The Morgan fingerprint density at radius 2 is 1.86 bits per heavy atom. The third-order valence-corrected chi connectivity index (χ3v) is 4.39. The summed E-state index contributed by atoms with van der Waals surface area (Å²) in [5, 5.41) is 9.68. The molecule has 0 amide bonds. The van der Waals surface area contributed by atoms with E-state index in [-0.39, 0.29) is 3.57 Å². The quantitative estimate of drug-likeness (QED) is 0.331. The van der Waals surface area contributed by atoms with Gasteiger partial charge in [-0.2, -0.15) is 21.6 Å². The molecule has 0 spiro atoms. The van der Waals surface area contributed by atoms with E-state index in [1.165, 1.54) is 6.07 Å². The maximum Gasteiger partial charge on any atom is 0.426 e. The van der Waals surface area contributed by atoms with Gasteiger partial charge in [-0.1, -0.05) is 0 Å². The van der Waals surface area contributed by atoms with Crippen LogP contribution in [-0.4, -0.2) is 42.1 Å². The third-order valence-electron chi connectivity index (χ3n) is 2.22. The Hall–Kier alpha value is -0.350. The minimum absolute atomic E-state index is 0.204. The largest absolute Gasteiger partial charge is 0.506 e. The second-order valence-corrected chi connectivity index (χ2v) is 7.87. The molecule has 1 aromatic carbocycles. The Balaban J connectivity index is 3.12. The molecule has 2 N–H and O–H groups in total. The standard InChI is InChI=1S/C10H7F3I2O6S/c11-10(12,13)7(3-22(18,19)20)21-9(17)5-1-4(14)2-6(15)8(5)16/h1-2,7,16H,3H2,(H,18,19,20). The zero-order valence-electron chi connectivity index (χ0n) is 10.3. The summed E-state index contributed by atoms with van der Waals surface area (Å²) in [4.78, 5) is 11.7. The van der Waals surface area contributed by atoms with E-state index in [0.717, 1.165) is 6.07 Å². The molecular weight excluding hydrogens is 559 g/mol. The van der Waals surface area contributed by atoms with Crippen molar-refractivity contribution in [2.75, 3.05) is 5.75 Å². The maximum atomic E-state index is 12.7. The summed E-state index contributed by atoms with van der Waals surface area (Å²) in [6.45, 7) is 0. The molecule has 22 heavy (non-hydrogen) atoms. The molecule has 0 aromatic heterocycles. The van der Waals surface area contributed by atoms with E-state index in [9.17, 15) is 31.5 Å². The van der Waals surface area contributed by atoms with Crippen LogP contribution in [0.5, 0.6) is 5.75 Å². The zero-order valence-corrected chi connectivity index (χ0v) is 15.4. The van der Waals surface area contributed by atoms with Crippen molar-refractivity contribution in [1.82, 2.24) is 0 Å². The van der Waals surface area contributed by atoms with Crippen LogP contribution in [0.1, 0.15) is 10.4 Å². The monoisotopic (exact) mass is 566 g/mol. The molecule has 0 saturated carbocycles. The molecule has 0 aliphatic rings. The number of hydrogen-bond acceptors (Lipinski definition) is 5. The lowest BCUT2D eigenvalue weighted by Crippen LogP contribution is -2.39. The molecule has 0 aliphatic heterocycles. The maximum absolute atomic E-state index is 12.7. The number of ether oxygens (including phenoxy) is 1. The van der Waals surface area contributed by atoms with Crippen LogP contribution in [0.3, 0.4) is 0 Å². The van der Waals surface area contributed by atoms with E-state index in [0.29, 0.717) is 3.57 Å². The Bertz CT molecular complexity index is 689. The van der Waals surface area contributed by atoms with Crippen molar-refractivity contribution < 1.29 is 40.8 Å². The van der Waals surface area contributed by atoms with Crippen LogP contribution in [-0.2, 0) is 14.9 Å². The summed E-state index contributed by atoms with van der Waals surface area (Å²) >= 11 is 3.43. The number of carbonyl (C=O) groups excluding carboxylic acids is 1. The number of halogens is 5. The Labute approximate surface area is 150 Å². The zero-order chi connectivity index (χ0) is 17.3. The first-order chi connectivity index (χ1) is 9.81. The summed E-state index contributed by atoms with van der Waals surface area (Å²) in [5.41, 5.74) is -0.541. The summed E-state index contributed by atoms with van der Waals surface area (Å²) in [6, 6.07) is 2.55. The number of carbonyl (C=O) groups is 1. The van der Waals surface area contributed by atoms with Crippen LogP contribution < -0.4 is 0 Å². The normalized spacial score (nSPS) is 13.7. The van der Waals surface area contributed by atoms with E-state index in [4.69, 9.17) is 4.55 Å². The van der Waals surface area contributed by atoms with Crippen molar-refractivity contribution in [3.05, 3.63) is 24.8 Å². The van der Waals surface area contributed by atoms with Crippen molar-refractivity contribution in [3.8, 4) is 5.75 Å². The molecule has 0 bridgehead atoms. The summed E-state index contributed by atoms with van der Waals surface area (Å²) < 4.78 is 72.4. The molecule has 1 aromatic rings. The molecule has 0 radical (unpaired) electrons. The highest BCUT2D eigenvalue weighted by molar-refractivity contribution is 14.1. The van der Waals surface area contributed by atoms with Crippen LogP contribution >= 0.6 is 45.2 Å². The SMILES string of the molecule is O=C(OC(CS(=O)(=O)O)C(F)(F)F)c1cc(I)cc(I)c1O. The van der Waals surface area contributed by atoms with Crippen LogP contribution in [0.4, 0.5) is 13.2 Å². The Morgan fingerprint density at radius 1 is 1.32 bits per heavy atom. The van der Waals surface area contributed by atoms with E-state index in [1.54, 1.807) is 45.2 Å². The first-order valence-corrected chi connectivity index (χ1v) is 8.99. The molecule has 0 aliphatic carbocycles. The summed E-state index contributed by atoms with van der Waals surface area (Å²) in [5.74, 6) is -3.97. The number of hydrogen-bond donors (Lipinski definition) is 2. The van der Waals surface area contributed by atoms with Crippen molar-refractivity contribution in [2.45, 2.75) is 12.3 Å². The lowest BCUT2D eigenvalue weighted by atomic mass is 10.2. The topological polar surface area (TPSA) is 101 Å². The van der Waals surface area contributed by atoms with Gasteiger partial charge in [-0.05, 0) is 57.3 Å². The van der Waals surface area contributed by atoms with E-state index >= 15 is 0 Å². The van der Waals surface area contributed by atoms with Crippen LogP contribution in [0.15, 0.2) is 12.1 Å². The molecule has 1 atom stereocenters. The number of esters is 1. The predicted molar refractivity (Wildman–Crippen MR) is 85.2 cm³/mol. The van der Waals surface area contributed by atoms with Gasteiger partial charge in [0.2, 0.25) is 6.10 Å². The summed E-state index contributed by atoms with van der Waals surface area (Å²) in [7, 11) is -5.02. The highest BCUT2D eigenvalue weighted by Gasteiger charge is 2.45. The van der Waals surface area contributed by atoms with Gasteiger partial charge in [0.15, 0.2) is 0 Å². The molecule has 0 saturated heterocycles. The highest BCUT2D eigenvalue weighted by Crippen LogP contribution is 2.30. The lowest BCUT2D eigenvalue weighted by molar-refractivity contribution is -0.197. The Morgan fingerprint density at radius 3 is 2.32 bits per heavy atom. The molecular formula is C10H7F3I2O6S. The third kappa shape index (κ3) is 5.69. The molecule has 1 unspecified atom stereocenters. The number of phenols is 1. The summed E-state index contributed by atoms with van der Waals surface area (Å²) in [6.07, 6.45) is -8.25. The molecule has 124 valence electrons. The second-order valence-electron chi connectivity index (χ2n) is 3.97. The fourth-order valence-corrected chi connectivity index (χ4v) is 3.79. The lowest BCUT2D eigenvalue weighted by Gasteiger charge is -2.19. The fraction of sp³-hybridized carbons (Fsp3) is 0.300. The average molecular weight is 566 g/mol. The van der Waals surface area contributed by atoms with Crippen LogP contribution in [0.25, 0.3) is 0 Å². The van der Waals surface area contributed by atoms with Crippen molar-refractivity contribution in [2.24, 2.45) is 0 Å². The van der Waals surface area contributed by atoms with Gasteiger partial charge in [0.25, 0.3) is 10.1 Å². The second kappa shape index (κ2) is 7.04. The molecule has 0 fully saturated rings. The van der Waals surface area contributed by atoms with Gasteiger partial charge in [0.05, 0.1) is 3.57 Å². The smallest absolute Gasteiger partial charge is 0.426 e. The van der Waals surface area contributed by atoms with Crippen molar-refractivity contribution >= 4 is 61.3 Å². The molecule has 6 nitrogen and oxygen atoms in total. The first-order valence-electron chi connectivity index (χ1n) is 5.22. The number of alkyl halides is 3. The number of aromatic hydroxyl groups is 1. The van der Waals surface area contributed by atoms with Gasteiger partial charge < -0.3 is 9.84 Å². The molecule has 12 heteroatoms. The predicted octanol–water partition coefficient (Wildman–Crippen LogP) is 2.58. The first kappa shape index (κ1) is 19.7. The van der Waals surface area contributed by atoms with Crippen LogP contribution in [0, 0.1) is 7.14 Å². The van der Waals surface area contributed by atoms with Gasteiger partial charge in [0.1, 0.15) is 17.1 Å². The average Bonchev–Trinajstić information content (AvgIpc) is 2.29.